The molecule has 0 fully saturated rings. The standard InChI is InChI=1S/C31H43Cl3O4Si/c1-7-23(5)17-13-11-14-18-24(6)28(38-39(8-2,9-3)10-4)19-15-12-16-20-29(35)37-31(36)30-26(33)21-25(32)22-27(30)34/h11-12,14-16,18,20-23,28H,7-10,13,17,19H2,1-6H3/b14-11+,15-12+,20-16+,24-18+/t23-,28-/m0/s1. The van der Waals surface area contributed by atoms with Gasteiger partial charge in [0.1, 0.15) is 0 Å². The Kier molecular flexibility index (Phi) is 16.9. The third-order valence-electron chi connectivity index (χ3n) is 7.09. The third kappa shape index (κ3) is 12.6. The maximum atomic E-state index is 12.3. The van der Waals surface area contributed by atoms with Crippen LogP contribution in [0, 0.1) is 5.92 Å². The highest BCUT2D eigenvalue weighted by molar-refractivity contribution is 6.73. The Balaban J connectivity index is 2.87. The van der Waals surface area contributed by atoms with Gasteiger partial charge in [0.05, 0.1) is 21.7 Å². The fourth-order valence-corrected chi connectivity index (χ4v) is 7.82. The summed E-state index contributed by atoms with van der Waals surface area (Å²) in [6, 6.07) is 5.93. The average Bonchev–Trinajstić information content (AvgIpc) is 2.89. The molecule has 0 aliphatic rings. The first-order chi connectivity index (χ1) is 18.5. The Bertz CT molecular complexity index is 1030. The van der Waals surface area contributed by atoms with E-state index in [0.717, 1.165) is 30.5 Å². The predicted octanol–water partition coefficient (Wildman–Crippen LogP) is 10.6. The number of carbonyl (C=O) groups excluding carboxylic acids is 2. The molecule has 0 bridgehead atoms. The number of hydrogen-bond acceptors (Lipinski definition) is 4. The quantitative estimate of drug-likeness (QED) is 0.0612. The van der Waals surface area contributed by atoms with Crippen LogP contribution in [0.2, 0.25) is 33.2 Å². The lowest BCUT2D eigenvalue weighted by atomic mass is 10.0. The monoisotopic (exact) mass is 612 g/mol. The van der Waals surface area contributed by atoms with Crippen LogP contribution in [-0.4, -0.2) is 26.4 Å². The molecule has 39 heavy (non-hydrogen) atoms. The minimum atomic E-state index is -1.83. The van der Waals surface area contributed by atoms with Crippen LogP contribution in [0.15, 0.2) is 60.2 Å². The number of allylic oxidation sites excluding steroid dienone is 5. The largest absolute Gasteiger partial charge is 0.410 e. The van der Waals surface area contributed by atoms with Crippen molar-refractivity contribution in [1.29, 1.82) is 0 Å². The Morgan fingerprint density at radius 2 is 1.56 bits per heavy atom. The van der Waals surface area contributed by atoms with Crippen molar-refractivity contribution >= 4 is 55.1 Å². The van der Waals surface area contributed by atoms with Gasteiger partial charge in [-0.05, 0) is 67.9 Å². The smallest absolute Gasteiger partial charge is 0.349 e. The highest BCUT2D eigenvalue weighted by atomic mass is 35.5. The molecule has 0 amide bonds. The normalized spacial score (nSPS) is 14.4. The average molecular weight is 614 g/mol. The number of ether oxygens (including phenoxy) is 1. The Morgan fingerprint density at radius 3 is 2.13 bits per heavy atom. The molecular formula is C31H43Cl3O4Si. The van der Waals surface area contributed by atoms with Crippen molar-refractivity contribution in [3.8, 4) is 0 Å². The van der Waals surface area contributed by atoms with Crippen molar-refractivity contribution in [2.45, 2.75) is 91.5 Å². The van der Waals surface area contributed by atoms with Gasteiger partial charge in [-0.3, -0.25) is 0 Å². The molecule has 0 radical (unpaired) electrons. The molecule has 0 saturated carbocycles. The van der Waals surface area contributed by atoms with Crippen molar-refractivity contribution in [2.24, 2.45) is 5.92 Å². The van der Waals surface area contributed by atoms with Gasteiger partial charge in [-0.25, -0.2) is 9.59 Å². The van der Waals surface area contributed by atoms with Crippen molar-refractivity contribution in [2.75, 3.05) is 0 Å². The lowest BCUT2D eigenvalue weighted by Gasteiger charge is -2.33. The number of carbonyl (C=O) groups is 2. The predicted molar refractivity (Wildman–Crippen MR) is 168 cm³/mol. The maximum Gasteiger partial charge on any atom is 0.349 e. The molecule has 0 saturated heterocycles. The minimum absolute atomic E-state index is 0.0138. The van der Waals surface area contributed by atoms with Gasteiger partial charge in [-0.1, -0.05) is 112 Å². The zero-order valence-corrected chi connectivity index (χ0v) is 27.3. The second-order valence-corrected chi connectivity index (χ2v) is 15.7. The van der Waals surface area contributed by atoms with Gasteiger partial charge in [0.25, 0.3) is 0 Å². The number of rotatable bonds is 16. The topological polar surface area (TPSA) is 52.6 Å². The molecule has 8 heteroatoms. The van der Waals surface area contributed by atoms with Crippen LogP contribution in [0.5, 0.6) is 0 Å². The fraction of sp³-hybridized carbons (Fsp3) is 0.484. The number of hydrogen-bond donors (Lipinski definition) is 0. The van der Waals surface area contributed by atoms with Crippen molar-refractivity contribution < 1.29 is 18.8 Å². The van der Waals surface area contributed by atoms with Gasteiger partial charge in [-0.15, -0.1) is 0 Å². The summed E-state index contributed by atoms with van der Waals surface area (Å²) >= 11 is 17.9. The molecule has 0 aromatic heterocycles. The SMILES string of the molecule is CC[C@H](C)CC/C=C/C=C(\C)[C@H](C/C=C/C=C/C(=O)OC(=O)c1c(Cl)cc(Cl)cc1Cl)O[Si](CC)(CC)CC. The number of benzene rings is 1. The van der Waals surface area contributed by atoms with Crippen LogP contribution in [0.4, 0.5) is 0 Å². The molecule has 4 nitrogen and oxygen atoms in total. The van der Waals surface area contributed by atoms with Crippen LogP contribution in [0.25, 0.3) is 0 Å². The molecule has 0 aliphatic heterocycles. The second-order valence-electron chi connectivity index (χ2n) is 9.76. The second kappa shape index (κ2) is 18.7. The lowest BCUT2D eigenvalue weighted by Crippen LogP contribution is -2.40. The van der Waals surface area contributed by atoms with Gasteiger partial charge in [0.15, 0.2) is 8.32 Å². The molecule has 0 unspecified atom stereocenters. The van der Waals surface area contributed by atoms with Gasteiger partial charge >= 0.3 is 11.9 Å². The fourth-order valence-electron chi connectivity index (χ4n) is 3.97. The van der Waals surface area contributed by atoms with Gasteiger partial charge < -0.3 is 9.16 Å². The van der Waals surface area contributed by atoms with E-state index in [1.807, 2.05) is 6.08 Å². The van der Waals surface area contributed by atoms with Crippen molar-refractivity contribution in [3.05, 3.63) is 80.9 Å². The first-order valence-electron chi connectivity index (χ1n) is 13.8. The van der Waals surface area contributed by atoms with E-state index in [1.165, 1.54) is 42.7 Å². The van der Waals surface area contributed by atoms with E-state index >= 15 is 0 Å². The van der Waals surface area contributed by atoms with Crippen LogP contribution in [-0.2, 0) is 14.0 Å². The van der Waals surface area contributed by atoms with Crippen LogP contribution >= 0.6 is 34.8 Å². The Labute approximate surface area is 251 Å². The lowest BCUT2D eigenvalue weighted by molar-refractivity contribution is -0.132. The summed E-state index contributed by atoms with van der Waals surface area (Å²) in [4.78, 5) is 24.5. The Morgan fingerprint density at radius 1 is 0.949 bits per heavy atom. The molecule has 1 rings (SSSR count). The van der Waals surface area contributed by atoms with E-state index in [2.05, 4.69) is 59.8 Å². The van der Waals surface area contributed by atoms with Gasteiger partial charge in [-0.2, -0.15) is 0 Å². The summed E-state index contributed by atoms with van der Waals surface area (Å²) in [5, 5.41) is 0.305. The van der Waals surface area contributed by atoms with Crippen LogP contribution < -0.4 is 0 Å². The molecular weight excluding hydrogens is 571 g/mol. The highest BCUT2D eigenvalue weighted by Crippen LogP contribution is 2.30. The van der Waals surface area contributed by atoms with E-state index in [4.69, 9.17) is 44.0 Å². The summed E-state index contributed by atoms with van der Waals surface area (Å²) in [6.45, 7) is 13.3. The number of halogens is 3. The molecule has 1 aromatic carbocycles. The molecule has 0 heterocycles. The molecule has 0 spiro atoms. The van der Waals surface area contributed by atoms with E-state index in [0.29, 0.717) is 6.42 Å². The summed E-state index contributed by atoms with van der Waals surface area (Å²) < 4.78 is 11.7. The summed E-state index contributed by atoms with van der Waals surface area (Å²) in [5.41, 5.74) is 1.07. The van der Waals surface area contributed by atoms with E-state index in [-0.39, 0.29) is 26.7 Å². The highest BCUT2D eigenvalue weighted by Gasteiger charge is 2.32. The first kappa shape index (κ1) is 35.4. The third-order valence-corrected chi connectivity index (χ3v) is 12.6. The Hall–Kier alpha value is -1.63. The van der Waals surface area contributed by atoms with Crippen molar-refractivity contribution in [3.63, 3.8) is 0 Å². The van der Waals surface area contributed by atoms with Crippen LogP contribution in [0.3, 0.4) is 0 Å². The molecule has 216 valence electrons. The summed E-state index contributed by atoms with van der Waals surface area (Å²) in [7, 11) is -1.83. The zero-order chi connectivity index (χ0) is 29.4. The first-order valence-corrected chi connectivity index (χ1v) is 17.4. The van der Waals surface area contributed by atoms with Gasteiger partial charge in [0.2, 0.25) is 0 Å². The summed E-state index contributed by atoms with van der Waals surface area (Å²) in [6.07, 6.45) is 17.1. The molecule has 0 aliphatic carbocycles. The van der Waals surface area contributed by atoms with Gasteiger partial charge in [0, 0.05) is 11.1 Å². The zero-order valence-electron chi connectivity index (χ0n) is 24.1. The van der Waals surface area contributed by atoms with Crippen molar-refractivity contribution in [1.82, 2.24) is 0 Å². The number of esters is 2. The van der Waals surface area contributed by atoms with E-state index in [9.17, 15) is 9.59 Å². The molecule has 2 atom stereocenters. The summed E-state index contributed by atoms with van der Waals surface area (Å²) in [5.74, 6) is -1.03. The van der Waals surface area contributed by atoms with Crippen LogP contribution in [0.1, 0.15) is 77.6 Å². The molecule has 1 aromatic rings. The van der Waals surface area contributed by atoms with E-state index < -0.39 is 20.3 Å². The molecule has 0 N–H and O–H groups in total. The van der Waals surface area contributed by atoms with E-state index in [1.54, 1.807) is 6.08 Å². The minimum Gasteiger partial charge on any atom is -0.410 e. The maximum absolute atomic E-state index is 12.3.